The van der Waals surface area contributed by atoms with E-state index in [1.54, 1.807) is 0 Å². The first-order chi connectivity index (χ1) is 11.0. The monoisotopic (exact) mass is 325 g/mol. The van der Waals surface area contributed by atoms with E-state index in [0.29, 0.717) is 12.0 Å². The maximum absolute atomic E-state index is 12.1. The summed E-state index contributed by atoms with van der Waals surface area (Å²) >= 11 is 0. The van der Waals surface area contributed by atoms with Gasteiger partial charge in [-0.2, -0.15) is 0 Å². The molecule has 23 heavy (non-hydrogen) atoms. The first-order valence-corrected chi connectivity index (χ1v) is 7.19. The Morgan fingerprint density at radius 1 is 1.17 bits per heavy atom. The molecule has 1 aromatic rings. The van der Waals surface area contributed by atoms with Crippen molar-refractivity contribution < 1.29 is 34.4 Å². The Kier molecular flexibility index (Phi) is 8.25. The number of aliphatic hydroxyl groups excluding tert-OH is 2. The molecule has 1 unspecified atom stereocenters. The van der Waals surface area contributed by atoms with Crippen molar-refractivity contribution in [2.45, 2.75) is 18.9 Å². The maximum Gasteiger partial charge on any atom is 0.338 e. The molecule has 0 aliphatic carbocycles. The molecule has 0 bridgehead atoms. The number of carboxylic acid groups (broad SMARTS) is 1. The molecule has 7 nitrogen and oxygen atoms in total. The zero-order chi connectivity index (χ0) is 17.2. The van der Waals surface area contributed by atoms with Crippen LogP contribution in [-0.4, -0.2) is 59.8 Å². The van der Waals surface area contributed by atoms with E-state index in [2.05, 4.69) is 6.92 Å². The van der Waals surface area contributed by atoms with Crippen molar-refractivity contribution in [3.05, 3.63) is 41.8 Å². The minimum absolute atomic E-state index is 0.0558. The average Bonchev–Trinajstić information content (AvgIpc) is 2.51. The summed E-state index contributed by atoms with van der Waals surface area (Å²) in [6.07, 6.45) is -0.175. The Hall–Kier alpha value is -1.96. The van der Waals surface area contributed by atoms with Gasteiger partial charge in [0.15, 0.2) is 0 Å². The summed E-state index contributed by atoms with van der Waals surface area (Å²) in [7, 11) is 0. The van der Waals surface area contributed by atoms with Crippen LogP contribution in [0.25, 0.3) is 0 Å². The topological polar surface area (TPSA) is 113 Å². The smallest absolute Gasteiger partial charge is 0.338 e. The van der Waals surface area contributed by atoms with Gasteiger partial charge in [-0.25, -0.2) is 9.59 Å². The number of carboxylic acids is 1. The summed E-state index contributed by atoms with van der Waals surface area (Å²) in [4.78, 5) is 23.2. The van der Waals surface area contributed by atoms with Crippen LogP contribution in [0.15, 0.2) is 18.2 Å². The third-order valence-electron chi connectivity index (χ3n) is 3.05. The van der Waals surface area contributed by atoms with Crippen molar-refractivity contribution in [2.75, 3.05) is 26.4 Å². The van der Waals surface area contributed by atoms with Gasteiger partial charge in [-0.15, -0.1) is 0 Å². The average molecular weight is 325 g/mol. The molecule has 127 valence electrons. The van der Waals surface area contributed by atoms with Crippen LogP contribution in [0.1, 0.15) is 32.7 Å². The number of aliphatic hydroxyl groups is 2. The van der Waals surface area contributed by atoms with E-state index >= 15 is 0 Å². The SMILES string of the molecule is [CH2]C(CCO)OC(=O)c1ccc(C(=O)O)cc1CCOCCO. The number of ether oxygens (including phenoxy) is 2. The second-order valence-electron chi connectivity index (χ2n) is 4.80. The fourth-order valence-electron chi connectivity index (χ4n) is 1.90. The summed E-state index contributed by atoms with van der Waals surface area (Å²) in [5.41, 5.74) is 0.762. The number of rotatable bonds is 10. The predicted octanol–water partition coefficient (Wildman–Crippen LogP) is 0.678. The highest BCUT2D eigenvalue weighted by Crippen LogP contribution is 2.16. The van der Waals surface area contributed by atoms with Crippen LogP contribution in [0.2, 0.25) is 0 Å². The standard InChI is InChI=1S/C16H21O7/c1-11(4-6-17)23-16(21)14-3-2-13(15(19)20)10-12(14)5-8-22-9-7-18/h2-3,10-11,17-18H,1,4-9H2,(H,19,20). The second-order valence-corrected chi connectivity index (χ2v) is 4.80. The Bertz CT molecular complexity index is 527. The van der Waals surface area contributed by atoms with Crippen LogP contribution >= 0.6 is 0 Å². The first kappa shape index (κ1) is 19.1. The summed E-state index contributed by atoms with van der Waals surface area (Å²) < 4.78 is 10.3. The van der Waals surface area contributed by atoms with Crippen molar-refractivity contribution in [3.8, 4) is 0 Å². The third kappa shape index (κ3) is 6.35. The molecule has 0 fully saturated rings. The normalized spacial score (nSPS) is 12.0. The summed E-state index contributed by atoms with van der Waals surface area (Å²) in [5, 5.41) is 26.5. The molecule has 1 aromatic carbocycles. The van der Waals surface area contributed by atoms with E-state index < -0.39 is 18.0 Å². The van der Waals surface area contributed by atoms with Crippen LogP contribution in [0.3, 0.4) is 0 Å². The number of carbonyl (C=O) groups excluding carboxylic acids is 1. The zero-order valence-corrected chi connectivity index (χ0v) is 12.7. The second kappa shape index (κ2) is 9.94. The molecule has 0 heterocycles. The van der Waals surface area contributed by atoms with E-state index in [1.807, 2.05) is 0 Å². The quantitative estimate of drug-likeness (QED) is 0.428. The molecule has 0 amide bonds. The Labute approximate surface area is 134 Å². The number of benzene rings is 1. The van der Waals surface area contributed by atoms with Gasteiger partial charge in [0.1, 0.15) is 6.10 Å². The highest BCUT2D eigenvalue weighted by atomic mass is 16.5. The highest BCUT2D eigenvalue weighted by molar-refractivity contribution is 5.94. The molecule has 0 spiro atoms. The minimum atomic E-state index is -1.10. The van der Waals surface area contributed by atoms with Crippen LogP contribution in [0.5, 0.6) is 0 Å². The van der Waals surface area contributed by atoms with Crippen molar-refractivity contribution in [1.29, 1.82) is 0 Å². The number of esters is 1. The fourth-order valence-corrected chi connectivity index (χ4v) is 1.90. The van der Waals surface area contributed by atoms with Gasteiger partial charge in [0, 0.05) is 13.0 Å². The fraction of sp³-hybridized carbons (Fsp3) is 0.438. The van der Waals surface area contributed by atoms with E-state index in [1.165, 1.54) is 18.2 Å². The van der Waals surface area contributed by atoms with Crippen LogP contribution in [0.4, 0.5) is 0 Å². The van der Waals surface area contributed by atoms with Crippen molar-refractivity contribution in [3.63, 3.8) is 0 Å². The van der Waals surface area contributed by atoms with E-state index in [-0.39, 0.29) is 44.0 Å². The third-order valence-corrected chi connectivity index (χ3v) is 3.05. The Morgan fingerprint density at radius 3 is 2.52 bits per heavy atom. The van der Waals surface area contributed by atoms with Gasteiger partial charge in [0.2, 0.25) is 0 Å². The van der Waals surface area contributed by atoms with Crippen LogP contribution < -0.4 is 0 Å². The molecule has 1 atom stereocenters. The molecule has 1 radical (unpaired) electrons. The number of hydrogen-bond donors (Lipinski definition) is 3. The first-order valence-electron chi connectivity index (χ1n) is 7.19. The zero-order valence-electron chi connectivity index (χ0n) is 12.7. The molecular formula is C16H21O7. The Balaban J connectivity index is 2.90. The highest BCUT2D eigenvalue weighted by Gasteiger charge is 2.17. The minimum Gasteiger partial charge on any atom is -0.478 e. The van der Waals surface area contributed by atoms with Gasteiger partial charge < -0.3 is 24.8 Å². The lowest BCUT2D eigenvalue weighted by Crippen LogP contribution is -2.18. The molecule has 0 saturated heterocycles. The lowest BCUT2D eigenvalue weighted by molar-refractivity contribution is 0.0342. The van der Waals surface area contributed by atoms with E-state index in [9.17, 15) is 9.59 Å². The molecule has 3 N–H and O–H groups in total. The lowest BCUT2D eigenvalue weighted by atomic mass is 10.0. The molecule has 1 rings (SSSR count). The van der Waals surface area contributed by atoms with Gasteiger partial charge >= 0.3 is 11.9 Å². The van der Waals surface area contributed by atoms with Gasteiger partial charge in [-0.3, -0.25) is 0 Å². The van der Waals surface area contributed by atoms with Crippen molar-refractivity contribution in [1.82, 2.24) is 0 Å². The van der Waals surface area contributed by atoms with E-state index in [0.717, 1.165) is 0 Å². The molecular weight excluding hydrogens is 304 g/mol. The van der Waals surface area contributed by atoms with Gasteiger partial charge in [-0.05, 0) is 37.1 Å². The predicted molar refractivity (Wildman–Crippen MR) is 81.3 cm³/mol. The van der Waals surface area contributed by atoms with Crippen LogP contribution in [0, 0.1) is 6.92 Å². The molecule has 0 saturated carbocycles. The van der Waals surface area contributed by atoms with Crippen molar-refractivity contribution in [2.24, 2.45) is 0 Å². The lowest BCUT2D eigenvalue weighted by Gasteiger charge is -2.14. The Morgan fingerprint density at radius 2 is 1.91 bits per heavy atom. The number of carbonyl (C=O) groups is 2. The number of aromatic carboxylic acids is 1. The number of hydrogen-bond acceptors (Lipinski definition) is 6. The van der Waals surface area contributed by atoms with Crippen LogP contribution in [-0.2, 0) is 15.9 Å². The van der Waals surface area contributed by atoms with Crippen molar-refractivity contribution >= 4 is 11.9 Å². The van der Waals surface area contributed by atoms with E-state index in [4.69, 9.17) is 24.8 Å². The summed E-state index contributed by atoms with van der Waals surface area (Å²) in [5.74, 6) is -1.73. The molecule has 7 heteroatoms. The summed E-state index contributed by atoms with van der Waals surface area (Å²) in [6, 6.07) is 4.10. The summed E-state index contributed by atoms with van der Waals surface area (Å²) in [6.45, 7) is 3.73. The van der Waals surface area contributed by atoms with Gasteiger partial charge in [-0.1, -0.05) is 0 Å². The molecule has 0 aromatic heterocycles. The molecule has 0 aliphatic rings. The maximum atomic E-state index is 12.1. The largest absolute Gasteiger partial charge is 0.478 e. The van der Waals surface area contributed by atoms with Gasteiger partial charge in [0.05, 0.1) is 30.9 Å². The molecule has 0 aliphatic heterocycles. The van der Waals surface area contributed by atoms with Gasteiger partial charge in [0.25, 0.3) is 0 Å².